The minimum Gasteiger partial charge on any atom is -0.353 e. The lowest BCUT2D eigenvalue weighted by atomic mass is 9.86. The van der Waals surface area contributed by atoms with Gasteiger partial charge in [-0.15, -0.1) is 0 Å². The Kier molecular flexibility index (Phi) is 7.82. The average Bonchev–Trinajstić information content (AvgIpc) is 2.41. The maximum Gasteiger partial charge on any atom is 0.220 e. The SMILES string of the molecule is CNCC1CCC(NC(=O)CCCC(=O)C(C)C)CC1. The van der Waals surface area contributed by atoms with Crippen molar-refractivity contribution in [3.05, 3.63) is 0 Å². The number of carbonyl (C=O) groups excluding carboxylic acids is 2. The number of rotatable bonds is 8. The molecule has 0 aliphatic heterocycles. The van der Waals surface area contributed by atoms with Crippen LogP contribution in [0.4, 0.5) is 0 Å². The lowest BCUT2D eigenvalue weighted by molar-refractivity contribution is -0.123. The Bertz CT molecular complexity index is 308. The van der Waals surface area contributed by atoms with E-state index in [0.29, 0.717) is 25.3 Å². The van der Waals surface area contributed by atoms with Crippen LogP contribution < -0.4 is 10.6 Å². The van der Waals surface area contributed by atoms with Gasteiger partial charge in [0, 0.05) is 24.8 Å². The first kappa shape index (κ1) is 17.2. The molecule has 0 heterocycles. The number of hydrogen-bond acceptors (Lipinski definition) is 3. The van der Waals surface area contributed by atoms with Gasteiger partial charge in [-0.1, -0.05) is 13.8 Å². The molecule has 0 aromatic rings. The fourth-order valence-corrected chi connectivity index (χ4v) is 2.81. The molecule has 4 nitrogen and oxygen atoms in total. The van der Waals surface area contributed by atoms with E-state index in [4.69, 9.17) is 0 Å². The molecular weight excluding hydrogens is 252 g/mol. The fourth-order valence-electron chi connectivity index (χ4n) is 2.81. The molecule has 0 saturated heterocycles. The van der Waals surface area contributed by atoms with Crippen molar-refractivity contribution in [2.45, 2.75) is 64.8 Å². The summed E-state index contributed by atoms with van der Waals surface area (Å²) in [4.78, 5) is 23.3. The fraction of sp³-hybridized carbons (Fsp3) is 0.875. The van der Waals surface area contributed by atoms with Gasteiger partial charge >= 0.3 is 0 Å². The van der Waals surface area contributed by atoms with Crippen molar-refractivity contribution in [3.8, 4) is 0 Å². The molecule has 1 aliphatic carbocycles. The number of amides is 1. The molecule has 20 heavy (non-hydrogen) atoms. The third-order valence-corrected chi connectivity index (χ3v) is 4.18. The highest BCUT2D eigenvalue weighted by Crippen LogP contribution is 2.23. The Labute approximate surface area is 123 Å². The molecule has 1 amide bonds. The molecule has 116 valence electrons. The van der Waals surface area contributed by atoms with E-state index < -0.39 is 0 Å². The third kappa shape index (κ3) is 6.51. The highest BCUT2D eigenvalue weighted by Gasteiger charge is 2.21. The first-order chi connectivity index (χ1) is 9.52. The lowest BCUT2D eigenvalue weighted by Gasteiger charge is -2.29. The van der Waals surface area contributed by atoms with Crippen molar-refractivity contribution >= 4 is 11.7 Å². The lowest BCUT2D eigenvalue weighted by Crippen LogP contribution is -2.38. The van der Waals surface area contributed by atoms with Gasteiger partial charge in [-0.25, -0.2) is 0 Å². The van der Waals surface area contributed by atoms with Gasteiger partial charge in [0.15, 0.2) is 0 Å². The van der Waals surface area contributed by atoms with Gasteiger partial charge in [0.2, 0.25) is 5.91 Å². The van der Waals surface area contributed by atoms with Crippen LogP contribution in [0.3, 0.4) is 0 Å². The minimum atomic E-state index is 0.0838. The Morgan fingerprint density at radius 1 is 1.10 bits per heavy atom. The van der Waals surface area contributed by atoms with Crippen LogP contribution in [0.2, 0.25) is 0 Å². The molecular formula is C16H30N2O2. The molecule has 0 aromatic heterocycles. The van der Waals surface area contributed by atoms with Crippen molar-refractivity contribution in [3.63, 3.8) is 0 Å². The van der Waals surface area contributed by atoms with Gasteiger partial charge in [-0.2, -0.15) is 0 Å². The Morgan fingerprint density at radius 2 is 1.75 bits per heavy atom. The predicted molar refractivity (Wildman–Crippen MR) is 81.5 cm³/mol. The molecule has 4 heteroatoms. The highest BCUT2D eigenvalue weighted by atomic mass is 16.1. The second kappa shape index (κ2) is 9.11. The molecule has 0 radical (unpaired) electrons. The van der Waals surface area contributed by atoms with Crippen LogP contribution in [0.5, 0.6) is 0 Å². The first-order valence-corrected chi connectivity index (χ1v) is 7.99. The molecule has 1 rings (SSSR count). The standard InChI is InChI=1S/C16H30N2O2/c1-12(2)15(19)5-4-6-16(20)18-14-9-7-13(8-10-14)11-17-3/h12-14,17H,4-11H2,1-3H3,(H,18,20). The molecule has 0 bridgehead atoms. The van der Waals surface area contributed by atoms with Gasteiger partial charge in [-0.05, 0) is 51.6 Å². The normalized spacial score (nSPS) is 22.8. The number of nitrogens with one attached hydrogen (secondary N) is 2. The zero-order valence-corrected chi connectivity index (χ0v) is 13.2. The van der Waals surface area contributed by atoms with E-state index in [9.17, 15) is 9.59 Å². The number of hydrogen-bond donors (Lipinski definition) is 2. The number of carbonyl (C=O) groups is 2. The van der Waals surface area contributed by atoms with E-state index in [-0.39, 0.29) is 17.6 Å². The molecule has 0 spiro atoms. The highest BCUT2D eigenvalue weighted by molar-refractivity contribution is 5.81. The quantitative estimate of drug-likeness (QED) is 0.718. The van der Waals surface area contributed by atoms with E-state index in [0.717, 1.165) is 25.3 Å². The van der Waals surface area contributed by atoms with Crippen LogP contribution in [0.1, 0.15) is 58.8 Å². The average molecular weight is 282 g/mol. The molecule has 0 aromatic carbocycles. The second-order valence-corrected chi connectivity index (χ2v) is 6.32. The van der Waals surface area contributed by atoms with Crippen LogP contribution in [0.25, 0.3) is 0 Å². The molecule has 1 aliphatic rings. The number of Topliss-reactive ketones (excluding diaryl/α,β-unsaturated/α-hetero) is 1. The maximum absolute atomic E-state index is 11.8. The van der Waals surface area contributed by atoms with Gasteiger partial charge < -0.3 is 10.6 Å². The molecule has 0 atom stereocenters. The summed E-state index contributed by atoms with van der Waals surface area (Å²) in [5.74, 6) is 1.21. The maximum atomic E-state index is 11.8. The minimum absolute atomic E-state index is 0.0838. The van der Waals surface area contributed by atoms with E-state index in [1.165, 1.54) is 12.8 Å². The molecule has 1 fully saturated rings. The molecule has 2 N–H and O–H groups in total. The van der Waals surface area contributed by atoms with Crippen molar-refractivity contribution in [1.29, 1.82) is 0 Å². The van der Waals surface area contributed by atoms with Gasteiger partial charge in [0.05, 0.1) is 0 Å². The predicted octanol–water partition coefficient (Wildman–Crippen LogP) is 2.28. The summed E-state index contributed by atoms with van der Waals surface area (Å²) in [5.41, 5.74) is 0. The summed E-state index contributed by atoms with van der Waals surface area (Å²) in [5, 5.41) is 6.34. The monoisotopic (exact) mass is 282 g/mol. The summed E-state index contributed by atoms with van der Waals surface area (Å²) < 4.78 is 0. The van der Waals surface area contributed by atoms with Crippen molar-refractivity contribution in [1.82, 2.24) is 10.6 Å². The summed E-state index contributed by atoms with van der Waals surface area (Å²) in [6.45, 7) is 4.90. The van der Waals surface area contributed by atoms with Gasteiger partial charge in [-0.3, -0.25) is 9.59 Å². The topological polar surface area (TPSA) is 58.2 Å². The van der Waals surface area contributed by atoms with E-state index in [1.54, 1.807) is 0 Å². The van der Waals surface area contributed by atoms with Crippen molar-refractivity contribution in [2.24, 2.45) is 11.8 Å². The largest absolute Gasteiger partial charge is 0.353 e. The second-order valence-electron chi connectivity index (χ2n) is 6.32. The Morgan fingerprint density at radius 3 is 2.30 bits per heavy atom. The Hall–Kier alpha value is -0.900. The van der Waals surface area contributed by atoms with E-state index in [2.05, 4.69) is 10.6 Å². The van der Waals surface area contributed by atoms with Crippen LogP contribution >= 0.6 is 0 Å². The van der Waals surface area contributed by atoms with Crippen LogP contribution in [-0.2, 0) is 9.59 Å². The van der Waals surface area contributed by atoms with E-state index in [1.807, 2.05) is 20.9 Å². The summed E-state index contributed by atoms with van der Waals surface area (Å²) >= 11 is 0. The summed E-state index contributed by atoms with van der Waals surface area (Å²) in [6.07, 6.45) is 6.24. The first-order valence-electron chi connectivity index (χ1n) is 7.99. The third-order valence-electron chi connectivity index (χ3n) is 4.18. The number of ketones is 1. The van der Waals surface area contributed by atoms with Crippen LogP contribution in [0, 0.1) is 11.8 Å². The summed E-state index contributed by atoms with van der Waals surface area (Å²) in [6, 6.07) is 0.344. The molecule has 1 saturated carbocycles. The van der Waals surface area contributed by atoms with Gasteiger partial charge in [0.1, 0.15) is 5.78 Å². The van der Waals surface area contributed by atoms with Crippen LogP contribution in [0.15, 0.2) is 0 Å². The zero-order valence-electron chi connectivity index (χ0n) is 13.2. The van der Waals surface area contributed by atoms with Crippen LogP contribution in [-0.4, -0.2) is 31.3 Å². The Balaban J connectivity index is 2.13. The van der Waals surface area contributed by atoms with Crippen molar-refractivity contribution < 1.29 is 9.59 Å². The van der Waals surface area contributed by atoms with E-state index >= 15 is 0 Å². The molecule has 0 unspecified atom stereocenters. The smallest absolute Gasteiger partial charge is 0.220 e. The zero-order chi connectivity index (χ0) is 15.0. The van der Waals surface area contributed by atoms with Crippen molar-refractivity contribution in [2.75, 3.05) is 13.6 Å². The summed E-state index contributed by atoms with van der Waals surface area (Å²) in [7, 11) is 1.99. The van der Waals surface area contributed by atoms with Gasteiger partial charge in [0.25, 0.3) is 0 Å².